The highest BCUT2D eigenvalue weighted by atomic mass is 35.5. The number of benzene rings is 2. The molecule has 1 heterocycles. The van der Waals surface area contributed by atoms with Gasteiger partial charge in [-0.15, -0.1) is 0 Å². The number of carbonyl (C=O) groups is 1. The highest BCUT2D eigenvalue weighted by Gasteiger charge is 2.18. The fourth-order valence-electron chi connectivity index (χ4n) is 2.85. The zero-order chi connectivity index (χ0) is 19.2. The van der Waals surface area contributed by atoms with Gasteiger partial charge in [-0.05, 0) is 42.8 Å². The molecule has 27 heavy (non-hydrogen) atoms. The molecule has 5 nitrogen and oxygen atoms in total. The van der Waals surface area contributed by atoms with E-state index in [-0.39, 0.29) is 5.91 Å². The Labute approximate surface area is 163 Å². The fourth-order valence-corrected chi connectivity index (χ4v) is 2.98. The van der Waals surface area contributed by atoms with E-state index >= 15 is 0 Å². The Morgan fingerprint density at radius 2 is 1.93 bits per heavy atom. The first-order chi connectivity index (χ1) is 13.1. The second-order valence-corrected chi connectivity index (χ2v) is 6.55. The Morgan fingerprint density at radius 1 is 1.19 bits per heavy atom. The summed E-state index contributed by atoms with van der Waals surface area (Å²) in [6.45, 7) is 3.03. The van der Waals surface area contributed by atoms with Gasteiger partial charge in [0, 0.05) is 23.2 Å². The van der Waals surface area contributed by atoms with Gasteiger partial charge in [-0.25, -0.2) is 0 Å². The molecule has 0 unspecified atom stereocenters. The Hall–Kier alpha value is -2.79. The summed E-state index contributed by atoms with van der Waals surface area (Å²) in [4.78, 5) is 14.6. The van der Waals surface area contributed by atoms with Crippen LogP contribution in [-0.4, -0.2) is 29.6 Å². The lowest BCUT2D eigenvalue weighted by molar-refractivity contribution is 0.0739. The second kappa shape index (κ2) is 8.73. The molecule has 6 heteroatoms. The third kappa shape index (κ3) is 4.49. The van der Waals surface area contributed by atoms with Gasteiger partial charge in [0.15, 0.2) is 5.76 Å². The Kier molecular flexibility index (Phi) is 6.14. The van der Waals surface area contributed by atoms with E-state index < -0.39 is 0 Å². The summed E-state index contributed by atoms with van der Waals surface area (Å²) in [5.41, 5.74) is 2.11. The fraction of sp³-hybridized carbons (Fsp3) is 0.238. The van der Waals surface area contributed by atoms with Crippen LogP contribution in [0.4, 0.5) is 0 Å². The summed E-state index contributed by atoms with van der Waals surface area (Å²) >= 11 is 5.92. The van der Waals surface area contributed by atoms with Gasteiger partial charge in [-0.1, -0.05) is 35.8 Å². The summed E-state index contributed by atoms with van der Waals surface area (Å²) in [6.07, 6.45) is 0.844. The summed E-state index contributed by atoms with van der Waals surface area (Å²) < 4.78 is 10.9. The predicted octanol–water partition coefficient (Wildman–Crippen LogP) is 5.06. The van der Waals surface area contributed by atoms with Crippen molar-refractivity contribution in [1.82, 2.24) is 10.1 Å². The molecular formula is C21H21ClN2O3. The van der Waals surface area contributed by atoms with Gasteiger partial charge in [-0.3, -0.25) is 4.79 Å². The number of aromatic nitrogens is 1. The van der Waals surface area contributed by atoms with Gasteiger partial charge in [0.25, 0.3) is 5.91 Å². The summed E-state index contributed by atoms with van der Waals surface area (Å²) in [6, 6.07) is 16.3. The van der Waals surface area contributed by atoms with E-state index in [0.29, 0.717) is 40.9 Å². The minimum atomic E-state index is -0.0599. The monoisotopic (exact) mass is 384 g/mol. The number of ether oxygens (including phenoxy) is 1. The lowest BCUT2D eigenvalue weighted by atomic mass is 10.1. The van der Waals surface area contributed by atoms with Gasteiger partial charge in [0.05, 0.1) is 19.2 Å². The molecule has 0 bridgehead atoms. The van der Waals surface area contributed by atoms with Crippen molar-refractivity contribution in [3.8, 4) is 17.1 Å². The van der Waals surface area contributed by atoms with Gasteiger partial charge in [0.2, 0.25) is 0 Å². The molecule has 0 saturated carbocycles. The van der Waals surface area contributed by atoms with Crippen molar-refractivity contribution in [2.24, 2.45) is 0 Å². The molecule has 0 saturated heterocycles. The molecule has 140 valence electrons. The maximum atomic E-state index is 12.8. The minimum absolute atomic E-state index is 0.0599. The average molecular weight is 385 g/mol. The summed E-state index contributed by atoms with van der Waals surface area (Å²) in [7, 11) is 1.61. The molecule has 0 atom stereocenters. The molecule has 0 N–H and O–H groups in total. The molecule has 3 aromatic rings. The van der Waals surface area contributed by atoms with Crippen LogP contribution in [0, 0.1) is 0 Å². The number of para-hydroxylation sites is 1. The van der Waals surface area contributed by atoms with Crippen LogP contribution >= 0.6 is 11.6 Å². The molecule has 2 aromatic carbocycles. The first-order valence-corrected chi connectivity index (χ1v) is 9.14. The van der Waals surface area contributed by atoms with Crippen molar-refractivity contribution in [2.45, 2.75) is 19.9 Å². The van der Waals surface area contributed by atoms with Gasteiger partial charge < -0.3 is 14.2 Å². The highest BCUT2D eigenvalue weighted by Crippen LogP contribution is 2.30. The first kappa shape index (κ1) is 19.0. The van der Waals surface area contributed by atoms with E-state index in [0.717, 1.165) is 12.0 Å². The van der Waals surface area contributed by atoms with Gasteiger partial charge >= 0.3 is 0 Å². The van der Waals surface area contributed by atoms with E-state index in [1.807, 2.05) is 37.3 Å². The van der Waals surface area contributed by atoms with Crippen LogP contribution in [0.2, 0.25) is 5.02 Å². The van der Waals surface area contributed by atoms with Crippen molar-refractivity contribution >= 4 is 17.5 Å². The zero-order valence-corrected chi connectivity index (χ0v) is 16.1. The number of nitrogens with zero attached hydrogens (tertiary/aromatic N) is 2. The number of carbonyl (C=O) groups excluding carboxylic acids is 1. The molecule has 1 amide bonds. The number of halogens is 1. The van der Waals surface area contributed by atoms with Crippen molar-refractivity contribution in [3.05, 3.63) is 70.9 Å². The Bertz CT molecular complexity index is 906. The molecular weight excluding hydrogens is 364 g/mol. The number of methoxy groups -OCH3 is 1. The summed E-state index contributed by atoms with van der Waals surface area (Å²) in [5.74, 6) is 1.26. The van der Waals surface area contributed by atoms with E-state index in [4.69, 9.17) is 20.9 Å². The number of amides is 1. The van der Waals surface area contributed by atoms with Crippen LogP contribution in [0.15, 0.2) is 59.1 Å². The van der Waals surface area contributed by atoms with E-state index in [1.54, 1.807) is 36.3 Å². The van der Waals surface area contributed by atoms with Crippen molar-refractivity contribution in [1.29, 1.82) is 0 Å². The van der Waals surface area contributed by atoms with Crippen LogP contribution < -0.4 is 4.74 Å². The standard InChI is InChI=1S/C21H21ClN2O3/c1-3-12-24(21(25)15-8-10-16(22)11-9-15)14-17-13-20(27-23-17)18-6-4-5-7-19(18)26-2/h4-11,13H,3,12,14H2,1-2H3. The van der Waals surface area contributed by atoms with Crippen molar-refractivity contribution < 1.29 is 14.1 Å². The maximum Gasteiger partial charge on any atom is 0.254 e. The van der Waals surface area contributed by atoms with Crippen LogP contribution in [0.3, 0.4) is 0 Å². The topological polar surface area (TPSA) is 55.6 Å². The quantitative estimate of drug-likeness (QED) is 0.571. The SMILES string of the molecule is CCCN(Cc1cc(-c2ccccc2OC)on1)C(=O)c1ccc(Cl)cc1. The first-order valence-electron chi connectivity index (χ1n) is 8.76. The Morgan fingerprint density at radius 3 is 2.63 bits per heavy atom. The van der Waals surface area contributed by atoms with Crippen LogP contribution in [0.5, 0.6) is 5.75 Å². The molecule has 0 aliphatic heterocycles. The highest BCUT2D eigenvalue weighted by molar-refractivity contribution is 6.30. The van der Waals surface area contributed by atoms with E-state index in [2.05, 4.69) is 5.16 Å². The molecule has 0 aliphatic carbocycles. The molecule has 0 radical (unpaired) electrons. The minimum Gasteiger partial charge on any atom is -0.496 e. The predicted molar refractivity (Wildman–Crippen MR) is 105 cm³/mol. The Balaban J connectivity index is 1.80. The lowest BCUT2D eigenvalue weighted by Gasteiger charge is -2.21. The zero-order valence-electron chi connectivity index (χ0n) is 15.3. The molecule has 1 aromatic heterocycles. The van der Waals surface area contributed by atoms with Crippen LogP contribution in [-0.2, 0) is 6.54 Å². The normalized spacial score (nSPS) is 10.6. The third-order valence-electron chi connectivity index (χ3n) is 4.16. The van der Waals surface area contributed by atoms with Gasteiger partial charge in [0.1, 0.15) is 11.4 Å². The molecule has 0 spiro atoms. The molecule has 0 aliphatic rings. The largest absolute Gasteiger partial charge is 0.496 e. The van der Waals surface area contributed by atoms with Gasteiger partial charge in [-0.2, -0.15) is 0 Å². The molecule has 0 fully saturated rings. The van der Waals surface area contributed by atoms with Crippen molar-refractivity contribution in [2.75, 3.05) is 13.7 Å². The second-order valence-electron chi connectivity index (χ2n) is 6.12. The maximum absolute atomic E-state index is 12.8. The number of rotatable bonds is 7. The lowest BCUT2D eigenvalue weighted by Crippen LogP contribution is -2.31. The third-order valence-corrected chi connectivity index (χ3v) is 4.41. The van der Waals surface area contributed by atoms with E-state index in [1.165, 1.54) is 0 Å². The number of hydrogen-bond acceptors (Lipinski definition) is 4. The van der Waals surface area contributed by atoms with Crippen LogP contribution in [0.25, 0.3) is 11.3 Å². The molecule has 3 rings (SSSR count). The van der Waals surface area contributed by atoms with E-state index in [9.17, 15) is 4.79 Å². The smallest absolute Gasteiger partial charge is 0.254 e. The number of hydrogen-bond donors (Lipinski definition) is 0. The summed E-state index contributed by atoms with van der Waals surface area (Å²) in [5, 5.41) is 4.74. The van der Waals surface area contributed by atoms with Crippen LogP contribution in [0.1, 0.15) is 29.4 Å². The average Bonchev–Trinajstić information content (AvgIpc) is 3.16. The van der Waals surface area contributed by atoms with Crippen molar-refractivity contribution in [3.63, 3.8) is 0 Å².